The summed E-state index contributed by atoms with van der Waals surface area (Å²) in [5.74, 6) is -1.43. The van der Waals surface area contributed by atoms with Crippen LogP contribution in [0.1, 0.15) is 21.5 Å². The van der Waals surface area contributed by atoms with Crippen molar-refractivity contribution in [3.05, 3.63) is 34.9 Å². The van der Waals surface area contributed by atoms with Crippen molar-refractivity contribution in [2.24, 2.45) is 0 Å². The van der Waals surface area contributed by atoms with E-state index in [1.807, 2.05) is 6.07 Å². The monoisotopic (exact) mass is 265 g/mol. The molecule has 0 fully saturated rings. The molecule has 1 heterocycles. The van der Waals surface area contributed by atoms with E-state index in [2.05, 4.69) is 5.32 Å². The fourth-order valence-corrected chi connectivity index (χ4v) is 1.87. The number of carbonyl (C=O) groups is 2. The maximum atomic E-state index is 11.9. The molecule has 0 saturated carbocycles. The molecule has 1 aliphatic rings. The molecular weight excluding hydrogens is 250 g/mol. The van der Waals surface area contributed by atoms with Gasteiger partial charge in [0.25, 0.3) is 5.91 Å². The highest BCUT2D eigenvalue weighted by atomic mass is 16.5. The smallest absolute Gasteiger partial charge is 0.334 e. The number of carboxylic acids is 1. The summed E-state index contributed by atoms with van der Waals surface area (Å²) in [6.07, 6.45) is -1.04. The third kappa shape index (κ3) is 3.10. The Morgan fingerprint density at radius 2 is 2.16 bits per heavy atom. The van der Waals surface area contributed by atoms with E-state index < -0.39 is 12.1 Å². The number of hydrogen-bond donors (Lipinski definition) is 2. The zero-order valence-corrected chi connectivity index (χ0v) is 10.5. The third-order valence-electron chi connectivity index (χ3n) is 2.99. The zero-order valence-electron chi connectivity index (χ0n) is 10.5. The van der Waals surface area contributed by atoms with Gasteiger partial charge in [-0.15, -0.1) is 0 Å². The van der Waals surface area contributed by atoms with Gasteiger partial charge in [-0.3, -0.25) is 4.79 Å². The van der Waals surface area contributed by atoms with Crippen LogP contribution < -0.4 is 5.32 Å². The summed E-state index contributed by atoms with van der Waals surface area (Å²) in [6, 6.07) is 5.31. The van der Waals surface area contributed by atoms with Gasteiger partial charge in [-0.1, -0.05) is 6.07 Å². The fourth-order valence-electron chi connectivity index (χ4n) is 1.87. The molecule has 1 aromatic rings. The van der Waals surface area contributed by atoms with Crippen molar-refractivity contribution in [2.45, 2.75) is 19.3 Å². The van der Waals surface area contributed by atoms with Crippen LogP contribution in [-0.4, -0.2) is 36.7 Å². The maximum Gasteiger partial charge on any atom is 0.334 e. The average molecular weight is 265 g/mol. The summed E-state index contributed by atoms with van der Waals surface area (Å²) >= 11 is 0. The number of rotatable bonds is 5. The van der Waals surface area contributed by atoms with Crippen LogP contribution in [0.4, 0.5) is 0 Å². The third-order valence-corrected chi connectivity index (χ3v) is 2.99. The van der Waals surface area contributed by atoms with Gasteiger partial charge in [0.15, 0.2) is 6.10 Å². The van der Waals surface area contributed by atoms with Gasteiger partial charge in [0, 0.05) is 12.7 Å². The molecule has 0 bridgehead atoms. The van der Waals surface area contributed by atoms with Crippen LogP contribution in [-0.2, 0) is 27.5 Å². The first kappa shape index (κ1) is 13.5. The summed E-state index contributed by atoms with van der Waals surface area (Å²) < 4.78 is 10.0. The Kier molecular flexibility index (Phi) is 4.13. The fraction of sp³-hybridized carbons (Fsp3) is 0.385. The van der Waals surface area contributed by atoms with Crippen molar-refractivity contribution in [3.8, 4) is 0 Å². The SMILES string of the molecule is COC(CNC(=O)c1ccc2c(c1)COC2)C(=O)O. The van der Waals surface area contributed by atoms with Gasteiger partial charge < -0.3 is 19.9 Å². The molecule has 0 radical (unpaired) electrons. The molecule has 1 amide bonds. The number of ether oxygens (including phenoxy) is 2. The number of methoxy groups -OCH3 is 1. The second kappa shape index (κ2) is 5.81. The minimum atomic E-state index is -1.11. The van der Waals surface area contributed by atoms with E-state index in [1.165, 1.54) is 7.11 Å². The molecule has 2 rings (SSSR count). The molecule has 1 aromatic carbocycles. The summed E-state index contributed by atoms with van der Waals surface area (Å²) in [5, 5.41) is 11.3. The minimum Gasteiger partial charge on any atom is -0.479 e. The Morgan fingerprint density at radius 3 is 2.84 bits per heavy atom. The highest BCUT2D eigenvalue weighted by molar-refractivity contribution is 5.94. The molecular formula is C13H15NO5. The normalized spacial score (nSPS) is 14.8. The van der Waals surface area contributed by atoms with E-state index >= 15 is 0 Å². The Hall–Kier alpha value is -1.92. The van der Waals surface area contributed by atoms with Crippen LogP contribution in [0.25, 0.3) is 0 Å². The molecule has 0 spiro atoms. The maximum absolute atomic E-state index is 11.9. The lowest BCUT2D eigenvalue weighted by molar-refractivity contribution is -0.148. The van der Waals surface area contributed by atoms with E-state index in [-0.39, 0.29) is 12.5 Å². The first-order valence-electron chi connectivity index (χ1n) is 5.85. The molecule has 1 aliphatic heterocycles. The Morgan fingerprint density at radius 1 is 1.42 bits per heavy atom. The van der Waals surface area contributed by atoms with Gasteiger partial charge >= 0.3 is 5.97 Å². The lowest BCUT2D eigenvalue weighted by atomic mass is 10.1. The largest absolute Gasteiger partial charge is 0.479 e. The second-order valence-electron chi connectivity index (χ2n) is 4.25. The van der Waals surface area contributed by atoms with Gasteiger partial charge in [0.2, 0.25) is 0 Å². The van der Waals surface area contributed by atoms with Crippen LogP contribution in [0.3, 0.4) is 0 Å². The molecule has 0 aliphatic carbocycles. The first-order chi connectivity index (χ1) is 9.11. The van der Waals surface area contributed by atoms with Crippen molar-refractivity contribution >= 4 is 11.9 Å². The molecule has 2 N–H and O–H groups in total. The van der Waals surface area contributed by atoms with E-state index in [9.17, 15) is 9.59 Å². The van der Waals surface area contributed by atoms with Crippen molar-refractivity contribution < 1.29 is 24.2 Å². The van der Waals surface area contributed by atoms with E-state index in [4.69, 9.17) is 14.6 Å². The lowest BCUT2D eigenvalue weighted by Gasteiger charge is -2.11. The quantitative estimate of drug-likeness (QED) is 0.812. The summed E-state index contributed by atoms with van der Waals surface area (Å²) in [7, 11) is 1.29. The van der Waals surface area contributed by atoms with Crippen LogP contribution in [0.2, 0.25) is 0 Å². The number of amides is 1. The number of benzene rings is 1. The summed E-state index contributed by atoms with van der Waals surface area (Å²) in [4.78, 5) is 22.6. The number of carboxylic acid groups (broad SMARTS) is 1. The Bertz CT molecular complexity index is 500. The van der Waals surface area contributed by atoms with Crippen molar-refractivity contribution in [2.75, 3.05) is 13.7 Å². The molecule has 0 aromatic heterocycles. The topological polar surface area (TPSA) is 84.9 Å². The number of nitrogens with one attached hydrogen (secondary N) is 1. The van der Waals surface area contributed by atoms with Crippen LogP contribution in [0, 0.1) is 0 Å². The Labute approximate surface area is 110 Å². The van der Waals surface area contributed by atoms with Gasteiger partial charge in [-0.05, 0) is 23.3 Å². The number of carbonyl (C=O) groups excluding carboxylic acids is 1. The predicted molar refractivity (Wildman–Crippen MR) is 65.7 cm³/mol. The van der Waals surface area contributed by atoms with Gasteiger partial charge in [0.05, 0.1) is 19.8 Å². The van der Waals surface area contributed by atoms with Crippen molar-refractivity contribution in [1.82, 2.24) is 5.32 Å². The second-order valence-corrected chi connectivity index (χ2v) is 4.25. The lowest BCUT2D eigenvalue weighted by Crippen LogP contribution is -2.37. The number of aliphatic carboxylic acids is 1. The van der Waals surface area contributed by atoms with Crippen molar-refractivity contribution in [3.63, 3.8) is 0 Å². The summed E-state index contributed by atoms with van der Waals surface area (Å²) in [6.45, 7) is 1.01. The first-order valence-corrected chi connectivity index (χ1v) is 5.85. The Balaban J connectivity index is 1.98. The van der Waals surface area contributed by atoms with Gasteiger partial charge in [-0.25, -0.2) is 4.79 Å². The highest BCUT2D eigenvalue weighted by Gasteiger charge is 2.19. The number of fused-ring (bicyclic) bond motifs is 1. The van der Waals surface area contributed by atoms with Gasteiger partial charge in [-0.2, -0.15) is 0 Å². The van der Waals surface area contributed by atoms with Crippen molar-refractivity contribution in [1.29, 1.82) is 0 Å². The van der Waals surface area contributed by atoms with Crippen LogP contribution in [0.15, 0.2) is 18.2 Å². The summed E-state index contributed by atoms with van der Waals surface area (Å²) in [5.41, 5.74) is 2.57. The zero-order chi connectivity index (χ0) is 13.8. The molecule has 6 heteroatoms. The van der Waals surface area contributed by atoms with Gasteiger partial charge in [0.1, 0.15) is 0 Å². The van der Waals surface area contributed by atoms with E-state index in [0.717, 1.165) is 11.1 Å². The van der Waals surface area contributed by atoms with E-state index in [0.29, 0.717) is 18.8 Å². The standard InChI is InChI=1S/C13H15NO5/c1-18-11(13(16)17)5-14-12(15)8-2-3-9-6-19-7-10(9)4-8/h2-4,11H,5-7H2,1H3,(H,14,15)(H,16,17). The molecule has 0 saturated heterocycles. The predicted octanol–water partition coefficient (Wildman–Crippen LogP) is 0.546. The molecule has 1 unspecified atom stereocenters. The average Bonchev–Trinajstić information content (AvgIpc) is 2.85. The molecule has 6 nitrogen and oxygen atoms in total. The molecule has 19 heavy (non-hydrogen) atoms. The minimum absolute atomic E-state index is 0.0712. The van der Waals surface area contributed by atoms with Crippen LogP contribution >= 0.6 is 0 Å². The van der Waals surface area contributed by atoms with E-state index in [1.54, 1.807) is 12.1 Å². The van der Waals surface area contributed by atoms with Crippen LogP contribution in [0.5, 0.6) is 0 Å². The molecule has 1 atom stereocenters. The number of hydrogen-bond acceptors (Lipinski definition) is 4. The molecule has 102 valence electrons. The highest BCUT2D eigenvalue weighted by Crippen LogP contribution is 2.20.